The van der Waals surface area contributed by atoms with Gasteiger partial charge in [-0.15, -0.1) is 0 Å². The lowest BCUT2D eigenvalue weighted by Crippen LogP contribution is -2.32. The van der Waals surface area contributed by atoms with E-state index in [1.54, 1.807) is 20.5 Å². The zero-order valence-electron chi connectivity index (χ0n) is 11.2. The molecule has 0 fully saturated rings. The molecule has 1 aliphatic carbocycles. The van der Waals surface area contributed by atoms with Gasteiger partial charge in [0.25, 0.3) is 0 Å². The Morgan fingerprint density at radius 1 is 1.11 bits per heavy atom. The molecule has 0 bridgehead atoms. The molecule has 0 N–H and O–H groups in total. The lowest BCUT2D eigenvalue weighted by Gasteiger charge is -2.24. The van der Waals surface area contributed by atoms with Crippen molar-refractivity contribution in [1.82, 2.24) is 9.97 Å². The Morgan fingerprint density at radius 3 is 2.50 bits per heavy atom. The third kappa shape index (κ3) is 2.97. The summed E-state index contributed by atoms with van der Waals surface area (Å²) in [7, 11) is 3.44. The van der Waals surface area contributed by atoms with Crippen LogP contribution in [-0.2, 0) is 22.3 Å². The number of anilines is 1. The molecule has 0 aliphatic heterocycles. The lowest BCUT2D eigenvalue weighted by molar-refractivity contribution is 0.190. The average Bonchev–Trinajstić information content (AvgIpc) is 2.87. The van der Waals surface area contributed by atoms with Crippen molar-refractivity contribution in [2.45, 2.75) is 19.3 Å². The molecular formula is C13H21N3O2. The normalized spacial score (nSPS) is 13.7. The fourth-order valence-corrected chi connectivity index (χ4v) is 2.34. The molecule has 100 valence electrons. The third-order valence-corrected chi connectivity index (χ3v) is 3.28. The molecule has 1 aliphatic rings. The van der Waals surface area contributed by atoms with Crippen LogP contribution in [0.5, 0.6) is 0 Å². The highest BCUT2D eigenvalue weighted by atomic mass is 16.5. The van der Waals surface area contributed by atoms with Crippen LogP contribution in [0, 0.1) is 0 Å². The Labute approximate surface area is 108 Å². The standard InChI is InChI=1S/C13H21N3O2/c1-17-8-6-16(7-9-18-2)13-11-4-3-5-12(11)14-10-15-13/h10H,3-9H2,1-2H3. The predicted octanol–water partition coefficient (Wildman–Crippen LogP) is 1.06. The van der Waals surface area contributed by atoms with E-state index in [4.69, 9.17) is 9.47 Å². The fraction of sp³-hybridized carbons (Fsp3) is 0.692. The molecule has 0 saturated carbocycles. The van der Waals surface area contributed by atoms with E-state index in [0.717, 1.165) is 31.7 Å². The van der Waals surface area contributed by atoms with Crippen LogP contribution >= 0.6 is 0 Å². The first-order valence-corrected chi connectivity index (χ1v) is 6.42. The first kappa shape index (κ1) is 13.2. The van der Waals surface area contributed by atoms with Crippen LogP contribution in [0.1, 0.15) is 17.7 Å². The van der Waals surface area contributed by atoms with E-state index in [0.29, 0.717) is 13.2 Å². The van der Waals surface area contributed by atoms with Crippen LogP contribution in [0.15, 0.2) is 6.33 Å². The fourth-order valence-electron chi connectivity index (χ4n) is 2.34. The quantitative estimate of drug-likeness (QED) is 0.725. The molecule has 0 unspecified atom stereocenters. The van der Waals surface area contributed by atoms with Gasteiger partial charge in [-0.1, -0.05) is 0 Å². The minimum Gasteiger partial charge on any atom is -0.383 e. The van der Waals surface area contributed by atoms with E-state index in [9.17, 15) is 0 Å². The molecule has 1 heterocycles. The molecule has 0 amide bonds. The number of aromatic nitrogens is 2. The van der Waals surface area contributed by atoms with Gasteiger partial charge in [-0.05, 0) is 19.3 Å². The van der Waals surface area contributed by atoms with Crippen LogP contribution in [0.4, 0.5) is 5.82 Å². The molecule has 2 rings (SSSR count). The Hall–Kier alpha value is -1.20. The zero-order chi connectivity index (χ0) is 12.8. The van der Waals surface area contributed by atoms with Gasteiger partial charge in [0.2, 0.25) is 0 Å². The summed E-state index contributed by atoms with van der Waals surface area (Å²) in [6, 6.07) is 0. The molecule has 5 heteroatoms. The summed E-state index contributed by atoms with van der Waals surface area (Å²) in [5.41, 5.74) is 2.52. The molecule has 0 aromatic carbocycles. The summed E-state index contributed by atoms with van der Waals surface area (Å²) in [6.45, 7) is 3.07. The molecule has 1 aromatic rings. The second kappa shape index (κ2) is 6.66. The minimum atomic E-state index is 0.697. The van der Waals surface area contributed by atoms with Gasteiger partial charge in [-0.3, -0.25) is 0 Å². The van der Waals surface area contributed by atoms with Gasteiger partial charge in [0.1, 0.15) is 12.1 Å². The van der Waals surface area contributed by atoms with E-state index in [1.807, 2.05) is 0 Å². The summed E-state index contributed by atoms with van der Waals surface area (Å²) in [5, 5.41) is 0. The Bertz CT molecular complexity index is 376. The van der Waals surface area contributed by atoms with E-state index in [1.165, 1.54) is 17.7 Å². The molecule has 5 nitrogen and oxygen atoms in total. The van der Waals surface area contributed by atoms with E-state index >= 15 is 0 Å². The smallest absolute Gasteiger partial charge is 0.135 e. The van der Waals surface area contributed by atoms with Crippen molar-refractivity contribution >= 4 is 5.82 Å². The number of hydrogen-bond donors (Lipinski definition) is 0. The van der Waals surface area contributed by atoms with Crippen molar-refractivity contribution in [1.29, 1.82) is 0 Å². The minimum absolute atomic E-state index is 0.697. The second-order valence-corrected chi connectivity index (χ2v) is 4.45. The Balaban J connectivity index is 2.16. The Morgan fingerprint density at radius 2 is 1.83 bits per heavy atom. The number of fused-ring (bicyclic) bond motifs is 1. The van der Waals surface area contributed by atoms with Crippen LogP contribution in [0.3, 0.4) is 0 Å². The van der Waals surface area contributed by atoms with Crippen LogP contribution in [0.25, 0.3) is 0 Å². The zero-order valence-corrected chi connectivity index (χ0v) is 11.2. The largest absolute Gasteiger partial charge is 0.383 e. The molecule has 1 aromatic heterocycles. The highest BCUT2D eigenvalue weighted by molar-refractivity contribution is 5.50. The topological polar surface area (TPSA) is 47.5 Å². The monoisotopic (exact) mass is 251 g/mol. The highest BCUT2D eigenvalue weighted by Crippen LogP contribution is 2.27. The van der Waals surface area contributed by atoms with Crippen molar-refractivity contribution in [3.05, 3.63) is 17.6 Å². The maximum atomic E-state index is 5.17. The number of methoxy groups -OCH3 is 2. The first-order chi connectivity index (χ1) is 8.86. The molecule has 18 heavy (non-hydrogen) atoms. The molecule has 0 atom stereocenters. The number of nitrogens with zero attached hydrogens (tertiary/aromatic N) is 3. The van der Waals surface area contributed by atoms with Gasteiger partial charge in [0.05, 0.1) is 13.2 Å². The molecule has 0 saturated heterocycles. The number of hydrogen-bond acceptors (Lipinski definition) is 5. The van der Waals surface area contributed by atoms with Crippen molar-refractivity contribution in [3.63, 3.8) is 0 Å². The number of aryl methyl sites for hydroxylation is 1. The van der Waals surface area contributed by atoms with Crippen LogP contribution < -0.4 is 4.90 Å². The van der Waals surface area contributed by atoms with Crippen molar-refractivity contribution in [2.24, 2.45) is 0 Å². The molecule has 0 radical (unpaired) electrons. The van der Waals surface area contributed by atoms with Crippen LogP contribution in [-0.4, -0.2) is 50.5 Å². The summed E-state index contributed by atoms with van der Waals surface area (Å²) in [6.07, 6.45) is 5.02. The second-order valence-electron chi connectivity index (χ2n) is 4.45. The van der Waals surface area contributed by atoms with E-state index in [-0.39, 0.29) is 0 Å². The van der Waals surface area contributed by atoms with Crippen molar-refractivity contribution in [2.75, 3.05) is 45.4 Å². The van der Waals surface area contributed by atoms with Crippen molar-refractivity contribution < 1.29 is 9.47 Å². The molecular weight excluding hydrogens is 230 g/mol. The lowest BCUT2D eigenvalue weighted by atomic mass is 10.2. The summed E-state index contributed by atoms with van der Waals surface area (Å²) in [5.74, 6) is 1.06. The SMILES string of the molecule is COCCN(CCOC)c1ncnc2c1CCC2. The van der Waals surface area contributed by atoms with Gasteiger partial charge in [0, 0.05) is 38.6 Å². The summed E-state index contributed by atoms with van der Waals surface area (Å²) >= 11 is 0. The van der Waals surface area contributed by atoms with Gasteiger partial charge in [0.15, 0.2) is 0 Å². The summed E-state index contributed by atoms with van der Waals surface area (Å²) < 4.78 is 10.3. The third-order valence-electron chi connectivity index (χ3n) is 3.28. The van der Waals surface area contributed by atoms with Crippen molar-refractivity contribution in [3.8, 4) is 0 Å². The maximum Gasteiger partial charge on any atom is 0.135 e. The van der Waals surface area contributed by atoms with E-state index in [2.05, 4.69) is 14.9 Å². The molecule has 0 spiro atoms. The maximum absolute atomic E-state index is 5.17. The summed E-state index contributed by atoms with van der Waals surface area (Å²) in [4.78, 5) is 11.1. The van der Waals surface area contributed by atoms with Gasteiger partial charge < -0.3 is 14.4 Å². The highest BCUT2D eigenvalue weighted by Gasteiger charge is 2.20. The number of rotatable bonds is 7. The first-order valence-electron chi connectivity index (χ1n) is 6.42. The predicted molar refractivity (Wildman–Crippen MR) is 70.0 cm³/mol. The average molecular weight is 251 g/mol. The number of ether oxygens (including phenoxy) is 2. The van der Waals surface area contributed by atoms with E-state index < -0.39 is 0 Å². The Kier molecular flexibility index (Phi) is 4.90. The van der Waals surface area contributed by atoms with Gasteiger partial charge in [-0.25, -0.2) is 9.97 Å². The van der Waals surface area contributed by atoms with Gasteiger partial charge in [-0.2, -0.15) is 0 Å². The van der Waals surface area contributed by atoms with Crippen LogP contribution in [0.2, 0.25) is 0 Å². The van der Waals surface area contributed by atoms with Gasteiger partial charge >= 0.3 is 0 Å².